The van der Waals surface area contributed by atoms with Crippen LogP contribution in [0, 0.1) is 5.82 Å². The minimum absolute atomic E-state index is 0.0116. The van der Waals surface area contributed by atoms with Crippen LogP contribution in [-0.4, -0.2) is 24.8 Å². The average molecular weight is 285 g/mol. The molecule has 0 bridgehead atoms. The van der Waals surface area contributed by atoms with E-state index in [9.17, 15) is 12.8 Å². The van der Waals surface area contributed by atoms with E-state index < -0.39 is 20.9 Å². The molecule has 1 unspecified atom stereocenters. The van der Waals surface area contributed by atoms with Crippen LogP contribution in [0.25, 0.3) is 11.5 Å². The Balaban J connectivity index is 2.45. The monoisotopic (exact) mass is 285 g/mol. The van der Waals surface area contributed by atoms with E-state index in [4.69, 9.17) is 10.3 Å². The summed E-state index contributed by atoms with van der Waals surface area (Å²) in [5, 5.41) is 2.68. The molecule has 1 aromatic heterocycles. The first-order valence-electron chi connectivity index (χ1n) is 5.37. The van der Waals surface area contributed by atoms with E-state index in [0.717, 1.165) is 6.26 Å². The zero-order valence-electron chi connectivity index (χ0n) is 10.3. The molecule has 0 saturated heterocycles. The molecule has 102 valence electrons. The van der Waals surface area contributed by atoms with E-state index in [1.54, 1.807) is 0 Å². The first-order chi connectivity index (χ1) is 8.80. The predicted molar refractivity (Wildman–Crippen MR) is 67.4 cm³/mol. The summed E-state index contributed by atoms with van der Waals surface area (Å²) in [4.78, 5) is 3.95. The summed E-state index contributed by atoms with van der Waals surface area (Å²) in [6.07, 6.45) is 1.07. The van der Waals surface area contributed by atoms with E-state index in [1.165, 1.54) is 25.1 Å². The van der Waals surface area contributed by atoms with Crippen molar-refractivity contribution in [1.82, 2.24) is 10.1 Å². The Labute approximate surface area is 109 Å². The van der Waals surface area contributed by atoms with Crippen molar-refractivity contribution in [2.24, 2.45) is 0 Å². The normalized spacial score (nSPS) is 13.4. The van der Waals surface area contributed by atoms with Gasteiger partial charge >= 0.3 is 0 Å². The van der Waals surface area contributed by atoms with Crippen LogP contribution in [0.4, 0.5) is 10.1 Å². The van der Waals surface area contributed by atoms with Crippen LogP contribution in [0.3, 0.4) is 0 Å². The van der Waals surface area contributed by atoms with Crippen molar-refractivity contribution in [3.05, 3.63) is 29.8 Å². The van der Waals surface area contributed by atoms with Crippen LogP contribution >= 0.6 is 0 Å². The van der Waals surface area contributed by atoms with Gasteiger partial charge in [-0.3, -0.25) is 0 Å². The van der Waals surface area contributed by atoms with Crippen LogP contribution in [0.1, 0.15) is 18.0 Å². The van der Waals surface area contributed by atoms with E-state index >= 15 is 0 Å². The number of anilines is 1. The number of aromatic nitrogens is 2. The first kappa shape index (κ1) is 13.5. The van der Waals surface area contributed by atoms with Crippen LogP contribution in [0.2, 0.25) is 0 Å². The number of nitrogen functional groups attached to an aromatic ring is 1. The molecule has 0 aliphatic rings. The van der Waals surface area contributed by atoms with Gasteiger partial charge in [-0.15, -0.1) is 0 Å². The van der Waals surface area contributed by atoms with Crippen molar-refractivity contribution in [1.29, 1.82) is 0 Å². The Morgan fingerprint density at radius 2 is 2.11 bits per heavy atom. The van der Waals surface area contributed by atoms with Crippen LogP contribution in [0.5, 0.6) is 0 Å². The highest BCUT2D eigenvalue weighted by Crippen LogP contribution is 2.28. The van der Waals surface area contributed by atoms with Crippen molar-refractivity contribution in [3.8, 4) is 11.5 Å². The zero-order valence-corrected chi connectivity index (χ0v) is 11.1. The fourth-order valence-corrected chi connectivity index (χ4v) is 1.90. The maximum atomic E-state index is 13.3. The lowest BCUT2D eigenvalue weighted by atomic mass is 10.2. The van der Waals surface area contributed by atoms with Gasteiger partial charge in [0.1, 0.15) is 11.1 Å². The van der Waals surface area contributed by atoms with Crippen molar-refractivity contribution in [2.75, 3.05) is 12.0 Å². The number of para-hydroxylation sites is 1. The minimum atomic E-state index is -3.33. The average Bonchev–Trinajstić information content (AvgIpc) is 2.79. The number of hydrogen-bond acceptors (Lipinski definition) is 6. The number of benzene rings is 1. The van der Waals surface area contributed by atoms with Crippen molar-refractivity contribution in [3.63, 3.8) is 0 Å². The lowest BCUT2D eigenvalue weighted by Gasteiger charge is -2.02. The van der Waals surface area contributed by atoms with Gasteiger partial charge in [-0.1, -0.05) is 11.2 Å². The molecule has 2 rings (SSSR count). The van der Waals surface area contributed by atoms with E-state index in [1.807, 2.05) is 0 Å². The maximum absolute atomic E-state index is 13.3. The molecule has 1 aromatic carbocycles. The SMILES string of the molecule is CC(c1noc(-c2cccc(F)c2N)n1)S(C)(=O)=O. The standard InChI is InChI=1S/C11H12FN3O3S/c1-6(19(2,16)17)10-14-11(18-15-10)7-4-3-5-8(12)9(7)13/h3-6H,13H2,1-2H3. The summed E-state index contributed by atoms with van der Waals surface area (Å²) in [6, 6.07) is 4.17. The van der Waals surface area contributed by atoms with Crippen LogP contribution < -0.4 is 5.73 Å². The number of hydrogen-bond donors (Lipinski definition) is 1. The van der Waals surface area contributed by atoms with Gasteiger partial charge in [0.25, 0.3) is 5.89 Å². The summed E-state index contributed by atoms with van der Waals surface area (Å²) in [5.74, 6) is -0.600. The Morgan fingerprint density at radius 3 is 2.74 bits per heavy atom. The van der Waals surface area contributed by atoms with Crippen LogP contribution in [-0.2, 0) is 9.84 Å². The molecule has 0 radical (unpaired) electrons. The van der Waals surface area contributed by atoms with Gasteiger partial charge in [-0.05, 0) is 19.1 Å². The Bertz CT molecular complexity index is 712. The largest absolute Gasteiger partial charge is 0.396 e. The maximum Gasteiger partial charge on any atom is 0.260 e. The van der Waals surface area contributed by atoms with Crippen LogP contribution in [0.15, 0.2) is 22.7 Å². The second-order valence-corrected chi connectivity index (χ2v) is 6.50. The van der Waals surface area contributed by atoms with Crippen molar-refractivity contribution >= 4 is 15.5 Å². The molecule has 2 N–H and O–H groups in total. The number of nitrogens with zero attached hydrogens (tertiary/aromatic N) is 2. The van der Waals surface area contributed by atoms with Crippen molar-refractivity contribution in [2.45, 2.75) is 12.2 Å². The van der Waals surface area contributed by atoms with E-state index in [0.29, 0.717) is 0 Å². The number of rotatable bonds is 3. The third kappa shape index (κ3) is 2.58. The van der Waals surface area contributed by atoms with Gasteiger partial charge in [-0.25, -0.2) is 12.8 Å². The lowest BCUT2D eigenvalue weighted by Crippen LogP contribution is -2.09. The van der Waals surface area contributed by atoms with Gasteiger partial charge < -0.3 is 10.3 Å². The van der Waals surface area contributed by atoms with Crippen molar-refractivity contribution < 1.29 is 17.3 Å². The molecule has 0 aliphatic carbocycles. The molecule has 1 heterocycles. The summed E-state index contributed by atoms with van der Waals surface area (Å²) < 4.78 is 41.0. The molecule has 0 aliphatic heterocycles. The fraction of sp³-hybridized carbons (Fsp3) is 0.273. The van der Waals surface area contributed by atoms with E-state index in [2.05, 4.69) is 10.1 Å². The highest BCUT2D eigenvalue weighted by Gasteiger charge is 2.24. The fourth-order valence-electron chi connectivity index (χ4n) is 1.42. The topological polar surface area (TPSA) is 99.1 Å². The van der Waals surface area contributed by atoms with Gasteiger partial charge in [0.2, 0.25) is 0 Å². The lowest BCUT2D eigenvalue weighted by molar-refractivity contribution is 0.421. The van der Waals surface area contributed by atoms with Gasteiger partial charge in [0, 0.05) is 6.26 Å². The molecule has 0 fully saturated rings. The predicted octanol–water partition coefficient (Wildman–Crippen LogP) is 1.56. The Morgan fingerprint density at radius 1 is 1.42 bits per heavy atom. The summed E-state index contributed by atoms with van der Waals surface area (Å²) in [5.41, 5.74) is 5.68. The summed E-state index contributed by atoms with van der Waals surface area (Å²) in [6.45, 7) is 1.44. The molecule has 1 atom stereocenters. The number of sulfone groups is 1. The third-order valence-corrected chi connectivity index (χ3v) is 4.23. The number of nitrogens with two attached hydrogens (primary N) is 1. The van der Waals surface area contributed by atoms with Gasteiger partial charge in [0.15, 0.2) is 15.7 Å². The number of halogens is 1. The van der Waals surface area contributed by atoms with E-state index in [-0.39, 0.29) is 23.0 Å². The van der Waals surface area contributed by atoms with Gasteiger partial charge in [0.05, 0.1) is 11.3 Å². The molecule has 0 spiro atoms. The third-order valence-electron chi connectivity index (χ3n) is 2.73. The highest BCUT2D eigenvalue weighted by atomic mass is 32.2. The smallest absolute Gasteiger partial charge is 0.260 e. The molecule has 19 heavy (non-hydrogen) atoms. The first-order valence-corrected chi connectivity index (χ1v) is 7.33. The molecular formula is C11H12FN3O3S. The van der Waals surface area contributed by atoms with Gasteiger partial charge in [-0.2, -0.15) is 4.98 Å². The quantitative estimate of drug-likeness (QED) is 0.859. The Kier molecular flexibility index (Phi) is 3.27. The summed E-state index contributed by atoms with van der Waals surface area (Å²) in [7, 11) is -3.33. The minimum Gasteiger partial charge on any atom is -0.396 e. The second kappa shape index (κ2) is 4.61. The highest BCUT2D eigenvalue weighted by molar-refractivity contribution is 7.90. The molecule has 2 aromatic rings. The molecule has 6 nitrogen and oxygen atoms in total. The second-order valence-electron chi connectivity index (χ2n) is 4.13. The Hall–Kier alpha value is -1.96. The molecule has 0 amide bonds. The zero-order chi connectivity index (χ0) is 14.2. The molecule has 0 saturated carbocycles. The molecular weight excluding hydrogens is 273 g/mol. The summed E-state index contributed by atoms with van der Waals surface area (Å²) >= 11 is 0. The molecule has 8 heteroatoms.